The number of hydrogen-bond acceptors (Lipinski definition) is 8. The van der Waals surface area contributed by atoms with Crippen LogP contribution in [0.2, 0.25) is 0 Å². The number of carboxylic acids is 1. The predicted molar refractivity (Wildman–Crippen MR) is 160 cm³/mol. The Labute approximate surface area is 251 Å². The van der Waals surface area contributed by atoms with Crippen LogP contribution in [0, 0.1) is 5.92 Å². The Hall–Kier alpha value is -4.28. The molecule has 0 saturated carbocycles. The van der Waals surface area contributed by atoms with Gasteiger partial charge in [0.25, 0.3) is 0 Å². The second-order valence-corrected chi connectivity index (χ2v) is 10.6. The van der Waals surface area contributed by atoms with Gasteiger partial charge in [0.15, 0.2) is 11.5 Å². The number of likely N-dealkylation sites (tertiary alicyclic amines) is 1. The third-order valence-electron chi connectivity index (χ3n) is 8.18. The molecule has 0 aromatic heterocycles. The van der Waals surface area contributed by atoms with Gasteiger partial charge in [-0.05, 0) is 59.4 Å². The number of fused-ring (bicyclic) bond motifs is 1. The smallest absolute Gasteiger partial charge is 0.309 e. The van der Waals surface area contributed by atoms with Gasteiger partial charge in [0.05, 0.1) is 26.2 Å². The lowest BCUT2D eigenvalue weighted by Gasteiger charge is -2.27. The first kappa shape index (κ1) is 30.2. The number of ether oxygens (including phenoxy) is 4. The van der Waals surface area contributed by atoms with Gasteiger partial charge in [-0.1, -0.05) is 44.2 Å². The van der Waals surface area contributed by atoms with Gasteiger partial charge in [-0.25, -0.2) is 0 Å². The zero-order chi connectivity index (χ0) is 30.5. The summed E-state index contributed by atoms with van der Waals surface area (Å²) >= 11 is 0. The molecule has 3 aromatic rings. The molecule has 2 aliphatic rings. The molecule has 5 rings (SSSR count). The Bertz CT molecular complexity index is 1440. The third-order valence-corrected chi connectivity index (χ3v) is 8.18. The van der Waals surface area contributed by atoms with Crippen LogP contribution >= 0.6 is 0 Å². The molecular formula is C33H38N2O8. The van der Waals surface area contributed by atoms with E-state index in [4.69, 9.17) is 24.1 Å². The minimum Gasteiger partial charge on any atom is -0.493 e. The van der Waals surface area contributed by atoms with Crippen LogP contribution in [-0.2, 0) is 22.4 Å². The molecule has 2 aliphatic heterocycles. The van der Waals surface area contributed by atoms with Crippen molar-refractivity contribution in [2.75, 3.05) is 45.5 Å². The molecule has 0 aliphatic carbocycles. The molecule has 0 unspecified atom stereocenters. The largest absolute Gasteiger partial charge is 0.493 e. The molecular weight excluding hydrogens is 552 g/mol. The molecule has 2 heterocycles. The monoisotopic (exact) mass is 590 g/mol. The second-order valence-electron chi connectivity index (χ2n) is 10.6. The van der Waals surface area contributed by atoms with Crippen LogP contribution in [-0.4, -0.2) is 67.2 Å². The van der Waals surface area contributed by atoms with Crippen molar-refractivity contribution in [3.8, 4) is 23.0 Å². The predicted octanol–water partition coefficient (Wildman–Crippen LogP) is 4.40. The fourth-order valence-corrected chi connectivity index (χ4v) is 6.18. The Kier molecular flexibility index (Phi) is 9.37. The van der Waals surface area contributed by atoms with Crippen molar-refractivity contribution in [1.29, 1.82) is 0 Å². The third kappa shape index (κ3) is 6.25. The van der Waals surface area contributed by atoms with E-state index in [0.717, 1.165) is 40.8 Å². The van der Waals surface area contributed by atoms with E-state index in [1.54, 1.807) is 18.2 Å². The number of carbonyl (C=O) groups is 2. The zero-order valence-corrected chi connectivity index (χ0v) is 24.7. The molecule has 10 nitrogen and oxygen atoms in total. The number of aliphatic carboxylic acids is 1. The van der Waals surface area contributed by atoms with Crippen LogP contribution in [0.25, 0.3) is 0 Å². The van der Waals surface area contributed by atoms with E-state index >= 15 is 0 Å². The summed E-state index contributed by atoms with van der Waals surface area (Å²) < 4.78 is 22.3. The van der Waals surface area contributed by atoms with E-state index in [9.17, 15) is 14.7 Å². The fraction of sp³-hybridized carbons (Fsp3) is 0.394. The highest BCUT2D eigenvalue weighted by Gasteiger charge is 2.48. The normalized spacial score (nSPS) is 19.3. The summed E-state index contributed by atoms with van der Waals surface area (Å²) in [4.78, 5) is 28.5. The number of carboxylic acid groups (broad SMARTS) is 1. The van der Waals surface area contributed by atoms with E-state index in [0.29, 0.717) is 29.5 Å². The van der Waals surface area contributed by atoms with Crippen LogP contribution in [0.15, 0.2) is 54.6 Å². The van der Waals surface area contributed by atoms with E-state index in [2.05, 4.69) is 19.2 Å². The van der Waals surface area contributed by atoms with Gasteiger partial charge in [-0.3, -0.25) is 14.5 Å². The summed E-state index contributed by atoms with van der Waals surface area (Å²) in [5, 5.41) is 22.9. The van der Waals surface area contributed by atoms with Gasteiger partial charge in [0.2, 0.25) is 18.4 Å². The molecule has 3 atom stereocenters. The standard InChI is InChI=1S/C33H38N2O8/c1-4-20-7-6-8-21(5-2)30(20)34-28(37)18-35-17-25(23-15-26(40-3)32-27(16-23)42-19-43-32)29(33(38)39)31(35)22-9-11-24(12-10-22)41-14-13-36/h6-12,15-16,25,29,31,36H,4-5,13-14,17-19H2,1-3H3,(H,34,37)(H,38,39)/t25-,29-,31+/m1/s1. The molecule has 228 valence electrons. The summed E-state index contributed by atoms with van der Waals surface area (Å²) in [7, 11) is 1.53. The quantitative estimate of drug-likeness (QED) is 0.281. The van der Waals surface area contributed by atoms with Crippen molar-refractivity contribution < 1.29 is 38.7 Å². The first-order chi connectivity index (χ1) is 20.9. The van der Waals surface area contributed by atoms with Gasteiger partial charge in [0.1, 0.15) is 12.4 Å². The van der Waals surface area contributed by atoms with Crippen LogP contribution in [0.1, 0.15) is 48.1 Å². The number of aliphatic hydroxyl groups is 1. The number of hydrogen-bond donors (Lipinski definition) is 3. The molecule has 10 heteroatoms. The summed E-state index contributed by atoms with van der Waals surface area (Å²) in [6.07, 6.45) is 1.55. The maximum absolute atomic E-state index is 13.6. The van der Waals surface area contributed by atoms with Crippen molar-refractivity contribution in [3.63, 3.8) is 0 Å². The number of aliphatic hydroxyl groups excluding tert-OH is 1. The first-order valence-corrected chi connectivity index (χ1v) is 14.6. The number of amides is 1. The van der Waals surface area contributed by atoms with Crippen molar-refractivity contribution in [1.82, 2.24) is 4.90 Å². The van der Waals surface area contributed by atoms with Crippen molar-refractivity contribution in [3.05, 3.63) is 76.9 Å². The number of carbonyl (C=O) groups excluding carboxylic acids is 1. The van der Waals surface area contributed by atoms with E-state index in [-0.39, 0.29) is 32.5 Å². The SMILES string of the molecule is CCc1cccc(CC)c1NC(=O)CN1C[C@H](c2cc(OC)c3c(c2)OCO3)[C@@H](C(=O)O)[C@@H]1c1ccc(OCCO)cc1. The molecule has 0 spiro atoms. The number of nitrogens with one attached hydrogen (secondary N) is 1. The molecule has 43 heavy (non-hydrogen) atoms. The molecule has 0 bridgehead atoms. The lowest BCUT2D eigenvalue weighted by Crippen LogP contribution is -2.35. The maximum atomic E-state index is 13.6. The molecule has 3 N–H and O–H groups in total. The molecule has 1 amide bonds. The summed E-state index contributed by atoms with van der Waals surface area (Å²) in [6, 6.07) is 16.2. The van der Waals surface area contributed by atoms with Gasteiger partial charge >= 0.3 is 5.97 Å². The van der Waals surface area contributed by atoms with Gasteiger partial charge in [-0.2, -0.15) is 0 Å². The molecule has 1 saturated heterocycles. The number of benzene rings is 3. The van der Waals surface area contributed by atoms with Gasteiger partial charge in [0, 0.05) is 24.2 Å². The summed E-state index contributed by atoms with van der Waals surface area (Å²) in [5.41, 5.74) is 4.41. The number of aryl methyl sites for hydroxylation is 2. The van der Waals surface area contributed by atoms with E-state index in [1.165, 1.54) is 7.11 Å². The van der Waals surface area contributed by atoms with Crippen molar-refractivity contribution in [2.24, 2.45) is 5.92 Å². The lowest BCUT2D eigenvalue weighted by molar-refractivity contribution is -0.143. The lowest BCUT2D eigenvalue weighted by atomic mass is 9.82. The van der Waals surface area contributed by atoms with Crippen molar-refractivity contribution in [2.45, 2.75) is 38.6 Å². The highest BCUT2D eigenvalue weighted by atomic mass is 16.7. The number of methoxy groups -OCH3 is 1. The number of nitrogens with zero attached hydrogens (tertiary/aromatic N) is 1. The Morgan fingerprint density at radius 3 is 2.37 bits per heavy atom. The summed E-state index contributed by atoms with van der Waals surface area (Å²) in [5.74, 6) is -0.517. The Morgan fingerprint density at radius 2 is 1.74 bits per heavy atom. The van der Waals surface area contributed by atoms with Crippen LogP contribution in [0.3, 0.4) is 0 Å². The zero-order valence-electron chi connectivity index (χ0n) is 24.7. The minimum absolute atomic E-state index is 0.00337. The number of rotatable bonds is 12. The van der Waals surface area contributed by atoms with Crippen LogP contribution in [0.5, 0.6) is 23.0 Å². The van der Waals surface area contributed by atoms with E-state index < -0.39 is 23.8 Å². The maximum Gasteiger partial charge on any atom is 0.309 e. The first-order valence-electron chi connectivity index (χ1n) is 14.6. The average Bonchev–Trinajstić information content (AvgIpc) is 3.65. The second kappa shape index (κ2) is 13.4. The molecule has 1 fully saturated rings. The number of anilines is 1. The highest BCUT2D eigenvalue weighted by Crippen LogP contribution is 2.50. The van der Waals surface area contributed by atoms with Gasteiger partial charge < -0.3 is 34.5 Å². The number of para-hydroxylation sites is 1. The highest BCUT2D eigenvalue weighted by molar-refractivity contribution is 5.94. The topological polar surface area (TPSA) is 127 Å². The molecule has 3 aromatic carbocycles. The van der Waals surface area contributed by atoms with Crippen LogP contribution < -0.4 is 24.3 Å². The van der Waals surface area contributed by atoms with E-state index in [1.807, 2.05) is 41.3 Å². The summed E-state index contributed by atoms with van der Waals surface area (Å²) in [6.45, 7) is 4.51. The van der Waals surface area contributed by atoms with Gasteiger partial charge in [-0.15, -0.1) is 0 Å². The fourth-order valence-electron chi connectivity index (χ4n) is 6.18. The van der Waals surface area contributed by atoms with Crippen LogP contribution in [0.4, 0.5) is 5.69 Å². The van der Waals surface area contributed by atoms with Crippen molar-refractivity contribution >= 4 is 17.6 Å². The minimum atomic E-state index is -0.972. The molecule has 0 radical (unpaired) electrons. The average molecular weight is 591 g/mol. The Balaban J connectivity index is 1.51. The Morgan fingerprint density at radius 1 is 1.02 bits per heavy atom.